The summed E-state index contributed by atoms with van der Waals surface area (Å²) in [5.74, 6) is 0. The van der Waals surface area contributed by atoms with Crippen molar-refractivity contribution >= 4 is 126 Å². The minimum Gasteiger partial charge on any atom is -0.420 e. The Bertz CT molecular complexity index is 837. The Kier molecular flexibility index (Phi) is 36.3. The van der Waals surface area contributed by atoms with Gasteiger partial charge in [-0.3, -0.25) is 0 Å². The molecule has 3 saturated heterocycles. The third-order valence-corrected chi connectivity index (χ3v) is 74.1. The number of hydrogen-bond donors (Lipinski definition) is 1. The van der Waals surface area contributed by atoms with Gasteiger partial charge in [0, 0.05) is 24.7 Å². The predicted octanol–water partition coefficient (Wildman–Crippen LogP) is 3.79. The Morgan fingerprint density at radius 3 is 0.893 bits per heavy atom. The van der Waals surface area contributed by atoms with Gasteiger partial charge >= 0.3 is 37.1 Å². The van der Waals surface area contributed by atoms with E-state index < -0.39 is 106 Å². The lowest BCUT2D eigenvalue weighted by atomic mass is 10.8. The zero-order chi connectivity index (χ0) is 44.8. The van der Waals surface area contributed by atoms with E-state index in [1.54, 1.807) is 0 Å². The Balaban J connectivity index is -0.000000658. The lowest BCUT2D eigenvalue weighted by Crippen LogP contribution is -2.80. The zero-order valence-electron chi connectivity index (χ0n) is 42.7. The third kappa shape index (κ3) is 21.3. The van der Waals surface area contributed by atoms with E-state index in [-0.39, 0.29) is 0 Å². The highest BCUT2D eigenvalue weighted by atomic mass is 29.3. The molecule has 56 heavy (non-hydrogen) atoms. The molecule has 0 aromatic carbocycles. The van der Waals surface area contributed by atoms with Crippen LogP contribution in [0.4, 0.5) is 0 Å². The van der Waals surface area contributed by atoms with Crippen LogP contribution in [0.2, 0.25) is 128 Å². The van der Waals surface area contributed by atoms with Crippen LogP contribution in [0.15, 0.2) is 0 Å². The van der Waals surface area contributed by atoms with Gasteiger partial charge < -0.3 is 42.3 Å². The molecular formula is C32H104N6O4Si14. The van der Waals surface area contributed by atoms with Crippen LogP contribution in [0.5, 0.6) is 0 Å². The molecule has 10 nitrogen and oxygen atoms in total. The van der Waals surface area contributed by atoms with E-state index in [0.717, 1.165) is 24.2 Å². The second kappa shape index (κ2) is 32.3. The van der Waals surface area contributed by atoms with Gasteiger partial charge in [0.2, 0.25) is 0 Å². The largest absolute Gasteiger partial charge is 0.420 e. The highest BCUT2D eigenvalue weighted by molar-refractivity contribution is 7.39. The van der Waals surface area contributed by atoms with Crippen molar-refractivity contribution in [2.24, 2.45) is 0 Å². The van der Waals surface area contributed by atoms with Crippen LogP contribution in [-0.2, 0) is 16.5 Å². The van der Waals surface area contributed by atoms with E-state index in [1.165, 1.54) is 29.4 Å². The minimum atomic E-state index is -1.47. The van der Waals surface area contributed by atoms with E-state index in [1.807, 2.05) is 0 Å². The van der Waals surface area contributed by atoms with Gasteiger partial charge in [-0.1, -0.05) is 107 Å². The van der Waals surface area contributed by atoms with Crippen molar-refractivity contribution in [3.05, 3.63) is 0 Å². The van der Waals surface area contributed by atoms with E-state index in [0.29, 0.717) is 9.52 Å². The normalized spacial score (nSPS) is 32.6. The molecular weight excluding hydrogens is 926 g/mol. The molecule has 1 N–H and O–H groups in total. The van der Waals surface area contributed by atoms with Crippen molar-refractivity contribution in [2.45, 2.75) is 177 Å². The van der Waals surface area contributed by atoms with Gasteiger partial charge in [0.05, 0.1) is 0 Å². The fraction of sp³-hybridized carbons (Fsp3) is 1.00. The molecule has 0 aromatic rings. The molecule has 0 radical (unpaired) electrons. The Morgan fingerprint density at radius 1 is 0.536 bits per heavy atom. The van der Waals surface area contributed by atoms with Crippen LogP contribution in [0.25, 0.3) is 0 Å². The molecule has 3 fully saturated rings. The standard InChI is InChI=1S/C9H27N3Si3.C8H24O4Si4.C6H21N3Si3.C6H18Si2.C2H8Si.CH6Si/c1-7-11-13(4)10-14(5)12(8-2)15(11,6)9-3;1-5-13-9-14(6-2)11-16(8-4)12-15(7-3)10-13;1-7-10(4)8(2)12(6)9(3)11(7)5;1-7(2,3)8(4,5)6;1-3-2;1-2/h10,13-14H,7-9H2,1-6H3;13-16H,5-8H2,1-4H3;10-12H,1-6H3;1-6H3;3H2,1-2H3;1-2H3. The van der Waals surface area contributed by atoms with Crippen LogP contribution in [0.1, 0.15) is 48.5 Å². The molecule has 342 valence electrons. The molecule has 3 aliphatic rings. The summed E-state index contributed by atoms with van der Waals surface area (Å²) in [7, 11) is -3.58. The van der Waals surface area contributed by atoms with Gasteiger partial charge in [-0.2, -0.15) is 0 Å². The topological polar surface area (TPSA) is 65.2 Å². The summed E-state index contributed by atoms with van der Waals surface area (Å²) in [6.45, 7) is 54.5. The van der Waals surface area contributed by atoms with Gasteiger partial charge in [0.15, 0.2) is 54.0 Å². The van der Waals surface area contributed by atoms with Crippen LogP contribution in [-0.4, -0.2) is 181 Å². The van der Waals surface area contributed by atoms with Crippen molar-refractivity contribution < 1.29 is 16.5 Å². The van der Waals surface area contributed by atoms with Crippen LogP contribution in [0.3, 0.4) is 0 Å². The maximum absolute atomic E-state index is 6.08. The summed E-state index contributed by atoms with van der Waals surface area (Å²) < 4.78 is 42.0. The van der Waals surface area contributed by atoms with Crippen LogP contribution in [0, 0.1) is 0 Å². The van der Waals surface area contributed by atoms with E-state index in [9.17, 15) is 0 Å². The van der Waals surface area contributed by atoms with Crippen molar-refractivity contribution in [1.29, 1.82) is 0 Å². The predicted molar refractivity (Wildman–Crippen MR) is 296 cm³/mol. The first kappa shape index (κ1) is 62.9. The molecule has 0 aliphatic carbocycles. The number of nitrogens with one attached hydrogen (secondary N) is 1. The SMILES string of the molecule is CCN1[SiH](C)N[SiH](C)N(CC)[Si]1(C)CC.CC[SiH]1O[SiH](CC)O[SiH](CC)O[SiH](CC)O1.CN1[SiH](C)N(C)[SiH](C)N(C)[SiH]1C.C[SiH2]C.C[SiH3].C[Si](C)(C)[Si](C)(C)C. The van der Waals surface area contributed by atoms with Crippen molar-refractivity contribution in [1.82, 2.24) is 25.8 Å². The zero-order valence-corrected chi connectivity index (χ0v) is 59.5. The first-order valence-corrected chi connectivity index (χ1v) is 56.5. The van der Waals surface area contributed by atoms with Gasteiger partial charge in [-0.15, -0.1) is 0 Å². The van der Waals surface area contributed by atoms with Crippen molar-refractivity contribution in [2.75, 3.05) is 34.2 Å². The summed E-state index contributed by atoms with van der Waals surface area (Å²) >= 11 is 0. The maximum Gasteiger partial charge on any atom is 0.303 e. The molecule has 3 rings (SSSR count). The summed E-state index contributed by atoms with van der Waals surface area (Å²) in [6, 6.07) is 5.48. The van der Waals surface area contributed by atoms with E-state index in [4.69, 9.17) is 16.5 Å². The molecule has 0 aromatic heterocycles. The monoisotopic (exact) mass is 1030 g/mol. The third-order valence-electron chi connectivity index (χ3n) is 12.3. The number of rotatable bonds is 8. The maximum atomic E-state index is 6.08. The second-order valence-corrected chi connectivity index (χ2v) is 69.2. The smallest absolute Gasteiger partial charge is 0.303 e. The lowest BCUT2D eigenvalue weighted by molar-refractivity contribution is 0.282. The molecule has 0 saturated carbocycles. The van der Waals surface area contributed by atoms with Crippen molar-refractivity contribution in [3.63, 3.8) is 0 Å². The van der Waals surface area contributed by atoms with Gasteiger partial charge in [-0.05, 0) is 114 Å². The number of nitrogens with zero attached hydrogens (tertiary/aromatic N) is 5. The summed E-state index contributed by atoms with van der Waals surface area (Å²) in [4.78, 5) is 0. The summed E-state index contributed by atoms with van der Waals surface area (Å²) in [5, 5.41) is 0. The number of hydrogen-bond acceptors (Lipinski definition) is 10. The minimum absolute atomic E-state index is 0.417. The van der Waals surface area contributed by atoms with Crippen LogP contribution < -0.4 is 4.65 Å². The highest BCUT2D eigenvalue weighted by Gasteiger charge is 2.47. The van der Waals surface area contributed by atoms with Crippen LogP contribution >= 0.6 is 0 Å². The molecule has 0 amide bonds. The van der Waals surface area contributed by atoms with E-state index >= 15 is 0 Å². The molecule has 0 spiro atoms. The molecule has 3 aliphatic heterocycles. The molecule has 2 atom stereocenters. The van der Waals surface area contributed by atoms with Gasteiger partial charge in [0.1, 0.15) is 0 Å². The molecule has 3 heterocycles. The Hall–Kier alpha value is 2.64. The van der Waals surface area contributed by atoms with E-state index in [2.05, 4.69) is 194 Å². The molecule has 0 bridgehead atoms. The fourth-order valence-corrected chi connectivity index (χ4v) is 54.1. The van der Waals surface area contributed by atoms with Gasteiger partial charge in [-0.25, -0.2) is 0 Å². The summed E-state index contributed by atoms with van der Waals surface area (Å²) in [5.41, 5.74) is 0. The fourth-order valence-electron chi connectivity index (χ4n) is 6.54. The van der Waals surface area contributed by atoms with Gasteiger partial charge in [0.25, 0.3) is 0 Å². The Labute approximate surface area is 376 Å². The highest BCUT2D eigenvalue weighted by Crippen LogP contribution is 2.25. The first-order valence-electron chi connectivity index (χ1n) is 22.9. The lowest BCUT2D eigenvalue weighted by Gasteiger charge is -2.56. The van der Waals surface area contributed by atoms with Crippen molar-refractivity contribution in [3.8, 4) is 0 Å². The Morgan fingerprint density at radius 2 is 0.750 bits per heavy atom. The second-order valence-electron chi connectivity index (χ2n) is 17.7. The first-order chi connectivity index (χ1) is 25.9. The average molecular weight is 1030 g/mol. The molecule has 24 heteroatoms. The summed E-state index contributed by atoms with van der Waals surface area (Å²) in [6.07, 6.45) is 0. The molecule has 2 unspecified atom stereocenters. The quantitative estimate of drug-likeness (QED) is 0.364. The average Bonchev–Trinajstić information content (AvgIpc) is 3.14.